The Hall–Kier alpha value is -1.16. The number of amides is 2. The lowest BCUT2D eigenvalue weighted by molar-refractivity contribution is -0.135. The molecule has 66 valence electrons. The number of carbonyl (C=O) groups is 2. The SMILES string of the molecule is CC1CO1.CN1C(=O)C=CC1=O. The first kappa shape index (κ1) is 8.93. The van der Waals surface area contributed by atoms with E-state index < -0.39 is 0 Å². The molecular weight excluding hydrogens is 158 g/mol. The van der Waals surface area contributed by atoms with Gasteiger partial charge in [0.2, 0.25) is 0 Å². The van der Waals surface area contributed by atoms with Gasteiger partial charge in [-0.25, -0.2) is 0 Å². The third kappa shape index (κ3) is 2.47. The molecule has 4 heteroatoms. The van der Waals surface area contributed by atoms with Gasteiger partial charge < -0.3 is 4.74 Å². The highest BCUT2D eigenvalue weighted by atomic mass is 16.6. The molecule has 0 aliphatic carbocycles. The van der Waals surface area contributed by atoms with Gasteiger partial charge in [0.1, 0.15) is 0 Å². The zero-order valence-corrected chi connectivity index (χ0v) is 7.11. The smallest absolute Gasteiger partial charge is 0.253 e. The molecule has 0 saturated carbocycles. The van der Waals surface area contributed by atoms with Crippen LogP contribution in [-0.4, -0.2) is 36.5 Å². The predicted molar refractivity (Wildman–Crippen MR) is 42.3 cm³/mol. The van der Waals surface area contributed by atoms with E-state index in [2.05, 4.69) is 6.92 Å². The molecule has 2 aliphatic rings. The van der Waals surface area contributed by atoms with E-state index in [9.17, 15) is 9.59 Å². The van der Waals surface area contributed by atoms with Crippen molar-refractivity contribution in [1.29, 1.82) is 0 Å². The Bertz CT molecular complexity index is 212. The second kappa shape index (κ2) is 3.49. The van der Waals surface area contributed by atoms with Gasteiger partial charge in [0.15, 0.2) is 0 Å². The van der Waals surface area contributed by atoms with Gasteiger partial charge in [-0.3, -0.25) is 14.5 Å². The van der Waals surface area contributed by atoms with Crippen molar-refractivity contribution in [3.63, 3.8) is 0 Å². The maximum Gasteiger partial charge on any atom is 0.253 e. The summed E-state index contributed by atoms with van der Waals surface area (Å²) >= 11 is 0. The first-order valence-electron chi connectivity index (χ1n) is 3.72. The van der Waals surface area contributed by atoms with Crippen molar-refractivity contribution >= 4 is 11.8 Å². The molecule has 2 heterocycles. The summed E-state index contributed by atoms with van der Waals surface area (Å²) in [7, 11) is 1.45. The van der Waals surface area contributed by atoms with E-state index in [1.807, 2.05) is 0 Å². The number of likely N-dealkylation sites (N-methyl/N-ethyl adjacent to an activating group) is 1. The minimum Gasteiger partial charge on any atom is -0.373 e. The van der Waals surface area contributed by atoms with Crippen LogP contribution in [-0.2, 0) is 14.3 Å². The second-order valence-corrected chi connectivity index (χ2v) is 2.71. The lowest BCUT2D eigenvalue weighted by Gasteiger charge is -2.01. The summed E-state index contributed by atoms with van der Waals surface area (Å²) in [6.45, 7) is 3.04. The van der Waals surface area contributed by atoms with Gasteiger partial charge in [0, 0.05) is 19.2 Å². The van der Waals surface area contributed by atoms with Crippen molar-refractivity contribution in [1.82, 2.24) is 4.90 Å². The van der Waals surface area contributed by atoms with Crippen LogP contribution in [0.1, 0.15) is 6.92 Å². The van der Waals surface area contributed by atoms with E-state index in [4.69, 9.17) is 4.74 Å². The van der Waals surface area contributed by atoms with Crippen LogP contribution in [0.15, 0.2) is 12.2 Å². The van der Waals surface area contributed by atoms with Crippen molar-refractivity contribution in [2.24, 2.45) is 0 Å². The van der Waals surface area contributed by atoms with E-state index in [0.29, 0.717) is 6.10 Å². The van der Waals surface area contributed by atoms with Crippen LogP contribution in [0, 0.1) is 0 Å². The highest BCUT2D eigenvalue weighted by molar-refractivity contribution is 6.12. The van der Waals surface area contributed by atoms with Gasteiger partial charge in [0.05, 0.1) is 12.7 Å². The Labute approximate surface area is 70.8 Å². The van der Waals surface area contributed by atoms with E-state index in [0.717, 1.165) is 11.5 Å². The summed E-state index contributed by atoms with van der Waals surface area (Å²) in [5.41, 5.74) is 0. The Kier molecular flexibility index (Phi) is 2.60. The van der Waals surface area contributed by atoms with Gasteiger partial charge in [-0.2, -0.15) is 0 Å². The molecule has 2 aliphatic heterocycles. The van der Waals surface area contributed by atoms with E-state index in [1.54, 1.807) is 0 Å². The fourth-order valence-electron chi connectivity index (χ4n) is 0.571. The number of nitrogens with zero attached hydrogens (tertiary/aromatic N) is 1. The van der Waals surface area contributed by atoms with Crippen molar-refractivity contribution in [2.45, 2.75) is 13.0 Å². The molecule has 12 heavy (non-hydrogen) atoms. The molecule has 0 aromatic carbocycles. The lowest BCUT2D eigenvalue weighted by Crippen LogP contribution is -2.24. The van der Waals surface area contributed by atoms with Crippen molar-refractivity contribution in [3.05, 3.63) is 12.2 Å². The Morgan fingerprint density at radius 2 is 1.75 bits per heavy atom. The summed E-state index contributed by atoms with van der Waals surface area (Å²) in [4.78, 5) is 21.9. The minimum atomic E-state index is -0.241. The average molecular weight is 169 g/mol. The number of rotatable bonds is 0. The topological polar surface area (TPSA) is 49.9 Å². The van der Waals surface area contributed by atoms with Crippen LogP contribution in [0.25, 0.3) is 0 Å². The van der Waals surface area contributed by atoms with Gasteiger partial charge in [-0.15, -0.1) is 0 Å². The van der Waals surface area contributed by atoms with Gasteiger partial charge in [0.25, 0.3) is 11.8 Å². The van der Waals surface area contributed by atoms with E-state index in [-0.39, 0.29) is 11.8 Å². The predicted octanol–water partition coefficient (Wildman–Crippen LogP) is -0.0537. The molecule has 0 aromatic rings. The third-order valence-corrected chi connectivity index (χ3v) is 1.53. The van der Waals surface area contributed by atoms with Crippen LogP contribution < -0.4 is 0 Å². The number of ether oxygens (including phenoxy) is 1. The fourth-order valence-corrected chi connectivity index (χ4v) is 0.571. The lowest BCUT2D eigenvalue weighted by atomic mass is 10.6. The zero-order valence-electron chi connectivity index (χ0n) is 7.11. The highest BCUT2D eigenvalue weighted by Crippen LogP contribution is 2.04. The van der Waals surface area contributed by atoms with Gasteiger partial charge in [-0.05, 0) is 6.92 Å². The highest BCUT2D eigenvalue weighted by Gasteiger charge is 2.17. The van der Waals surface area contributed by atoms with Gasteiger partial charge in [-0.1, -0.05) is 0 Å². The molecule has 4 nitrogen and oxygen atoms in total. The molecule has 0 spiro atoms. The number of epoxide rings is 1. The molecule has 0 bridgehead atoms. The summed E-state index contributed by atoms with van der Waals surface area (Å²) in [6.07, 6.45) is 3.09. The molecule has 2 rings (SSSR count). The number of hydrogen-bond donors (Lipinski definition) is 0. The van der Waals surface area contributed by atoms with Crippen molar-refractivity contribution in [2.75, 3.05) is 13.7 Å². The monoisotopic (exact) mass is 169 g/mol. The third-order valence-electron chi connectivity index (χ3n) is 1.53. The van der Waals surface area contributed by atoms with Crippen LogP contribution in [0.5, 0.6) is 0 Å². The summed E-state index contributed by atoms with van der Waals surface area (Å²) in [6, 6.07) is 0. The fraction of sp³-hybridized carbons (Fsp3) is 0.500. The van der Waals surface area contributed by atoms with Crippen LogP contribution >= 0.6 is 0 Å². The minimum absolute atomic E-state index is 0.241. The largest absolute Gasteiger partial charge is 0.373 e. The molecule has 0 N–H and O–H groups in total. The number of carbonyl (C=O) groups excluding carboxylic acids is 2. The van der Waals surface area contributed by atoms with Crippen LogP contribution in [0.2, 0.25) is 0 Å². The standard InChI is InChI=1S/C5H5NO2.C3H6O/c1-6-4(7)2-3-5(6)8;1-3-2-4-3/h2-3H,1H3;3H,2H2,1H3. The molecule has 1 saturated heterocycles. The van der Waals surface area contributed by atoms with E-state index in [1.165, 1.54) is 19.2 Å². The molecule has 2 amide bonds. The molecule has 0 aromatic heterocycles. The summed E-state index contributed by atoms with van der Waals surface area (Å²) in [5, 5.41) is 0. The first-order valence-corrected chi connectivity index (χ1v) is 3.72. The molecular formula is C8H11NO3. The maximum atomic E-state index is 10.4. The van der Waals surface area contributed by atoms with Gasteiger partial charge >= 0.3 is 0 Å². The summed E-state index contributed by atoms with van der Waals surface area (Å²) in [5.74, 6) is -0.481. The first-order chi connectivity index (χ1) is 5.61. The Morgan fingerprint density at radius 1 is 1.42 bits per heavy atom. The molecule has 1 fully saturated rings. The summed E-state index contributed by atoms with van der Waals surface area (Å²) < 4.78 is 4.71. The maximum absolute atomic E-state index is 10.4. The quantitative estimate of drug-likeness (QED) is 0.377. The molecule has 0 radical (unpaired) electrons. The molecule has 1 unspecified atom stereocenters. The van der Waals surface area contributed by atoms with Crippen LogP contribution in [0.4, 0.5) is 0 Å². The zero-order chi connectivity index (χ0) is 9.14. The van der Waals surface area contributed by atoms with E-state index >= 15 is 0 Å². The van der Waals surface area contributed by atoms with Crippen molar-refractivity contribution in [3.8, 4) is 0 Å². The Balaban J connectivity index is 0.000000150. The normalized spacial score (nSPS) is 25.5. The van der Waals surface area contributed by atoms with Crippen molar-refractivity contribution < 1.29 is 14.3 Å². The van der Waals surface area contributed by atoms with Crippen LogP contribution in [0.3, 0.4) is 0 Å². The second-order valence-electron chi connectivity index (χ2n) is 2.71. The molecule has 1 atom stereocenters. The number of imide groups is 1. The number of hydrogen-bond acceptors (Lipinski definition) is 3. The Morgan fingerprint density at radius 3 is 1.83 bits per heavy atom. The average Bonchev–Trinajstić information content (AvgIpc) is 2.77.